The highest BCUT2D eigenvalue weighted by molar-refractivity contribution is 14.1. The number of hydrogen-bond acceptors (Lipinski definition) is 1. The zero-order valence-corrected chi connectivity index (χ0v) is 9.65. The Morgan fingerprint density at radius 1 is 1.36 bits per heavy atom. The number of alkyl halides is 2. The molecule has 6 fully saturated rings. The Kier molecular flexibility index (Phi) is 0.931. The summed E-state index contributed by atoms with van der Waals surface area (Å²) in [5, 5.41) is 0. The van der Waals surface area contributed by atoms with Crippen LogP contribution in [0.3, 0.4) is 0 Å². The lowest BCUT2D eigenvalue weighted by molar-refractivity contribution is -0.122. The van der Waals surface area contributed by atoms with Gasteiger partial charge in [0.2, 0.25) is 0 Å². The van der Waals surface area contributed by atoms with Crippen molar-refractivity contribution in [3.8, 4) is 0 Å². The summed E-state index contributed by atoms with van der Waals surface area (Å²) in [6.45, 7) is 0. The topological polar surface area (TPSA) is 17.1 Å². The van der Waals surface area contributed by atoms with Crippen LogP contribution in [0.15, 0.2) is 0 Å². The van der Waals surface area contributed by atoms with Crippen molar-refractivity contribution < 1.29 is 9.18 Å². The first-order valence-electron chi connectivity index (χ1n) is 5.54. The zero-order chi connectivity index (χ0) is 9.40. The highest BCUT2D eigenvalue weighted by Gasteiger charge is 2.90. The van der Waals surface area contributed by atoms with Crippen LogP contribution in [0, 0.1) is 41.4 Å². The predicted octanol–water partition coefficient (Wildman–Crippen LogP) is 1.84. The van der Waals surface area contributed by atoms with Crippen LogP contribution in [0.1, 0.15) is 6.42 Å². The summed E-state index contributed by atoms with van der Waals surface area (Å²) < 4.78 is 15.1. The third kappa shape index (κ3) is 0.407. The minimum atomic E-state index is -1.06. The highest BCUT2D eigenvalue weighted by atomic mass is 127. The molecule has 6 bridgehead atoms. The molecule has 0 radical (unpaired) electrons. The van der Waals surface area contributed by atoms with Gasteiger partial charge in [-0.05, 0) is 30.1 Å². The maximum Gasteiger partial charge on any atom is 0.143 e. The molecule has 74 valence electrons. The van der Waals surface area contributed by atoms with Crippen molar-refractivity contribution in [3.05, 3.63) is 0 Å². The van der Waals surface area contributed by atoms with Gasteiger partial charge < -0.3 is 0 Å². The van der Waals surface area contributed by atoms with Crippen LogP contribution in [0.5, 0.6) is 0 Å². The molecule has 6 aliphatic carbocycles. The van der Waals surface area contributed by atoms with E-state index in [-0.39, 0.29) is 21.7 Å². The van der Waals surface area contributed by atoms with Gasteiger partial charge in [0, 0.05) is 15.8 Å². The molecule has 0 aromatic rings. The molecule has 0 spiro atoms. The van der Waals surface area contributed by atoms with Crippen LogP contribution in [-0.2, 0) is 4.79 Å². The Hall–Kier alpha value is 0.330. The van der Waals surface area contributed by atoms with Crippen molar-refractivity contribution >= 4 is 28.4 Å². The molecule has 9 atom stereocenters. The second-order valence-corrected chi connectivity index (χ2v) is 7.22. The lowest BCUT2D eigenvalue weighted by atomic mass is 9.70. The van der Waals surface area contributed by atoms with Gasteiger partial charge in [-0.2, -0.15) is 0 Å². The third-order valence-electron chi connectivity index (χ3n) is 6.06. The average Bonchev–Trinajstić information content (AvgIpc) is 2.81. The lowest BCUT2D eigenvalue weighted by Crippen LogP contribution is -2.42. The molecular weight excluding hydrogens is 294 g/mol. The molecule has 6 aliphatic rings. The normalized spacial score (nSPS) is 80.3. The average molecular weight is 304 g/mol. The van der Waals surface area contributed by atoms with Gasteiger partial charge >= 0.3 is 0 Å². The lowest BCUT2D eigenvalue weighted by Gasteiger charge is -2.35. The minimum absolute atomic E-state index is 0.155. The molecule has 0 N–H and O–H groups in total. The summed E-state index contributed by atoms with van der Waals surface area (Å²) in [5.74, 6) is 2.71. The Morgan fingerprint density at radius 3 is 2.86 bits per heavy atom. The molecule has 0 saturated heterocycles. The first-order valence-corrected chi connectivity index (χ1v) is 6.78. The van der Waals surface area contributed by atoms with Crippen molar-refractivity contribution in [1.82, 2.24) is 0 Å². The molecule has 0 aromatic carbocycles. The largest absolute Gasteiger partial charge is 0.299 e. The first-order chi connectivity index (χ1) is 6.67. The molecule has 0 heterocycles. The fourth-order valence-electron chi connectivity index (χ4n) is 6.14. The highest BCUT2D eigenvalue weighted by Crippen LogP contribution is 2.84. The van der Waals surface area contributed by atoms with E-state index in [9.17, 15) is 9.18 Å². The Balaban J connectivity index is 1.92. The van der Waals surface area contributed by atoms with E-state index in [0.717, 1.165) is 0 Å². The minimum Gasteiger partial charge on any atom is -0.299 e. The second-order valence-electron chi connectivity index (χ2n) is 5.88. The van der Waals surface area contributed by atoms with Gasteiger partial charge in [-0.3, -0.25) is 4.79 Å². The number of rotatable bonds is 0. The predicted molar refractivity (Wildman–Crippen MR) is 55.7 cm³/mol. The fourth-order valence-corrected chi connectivity index (χ4v) is 7.96. The van der Waals surface area contributed by atoms with Crippen molar-refractivity contribution in [2.24, 2.45) is 41.4 Å². The zero-order valence-electron chi connectivity index (χ0n) is 7.49. The first kappa shape index (κ1) is 7.58. The van der Waals surface area contributed by atoms with Crippen molar-refractivity contribution in [2.75, 3.05) is 0 Å². The maximum absolute atomic E-state index is 14.9. The molecule has 1 nitrogen and oxygen atoms in total. The Morgan fingerprint density at radius 2 is 2.14 bits per heavy atom. The Labute approximate surface area is 94.9 Å². The maximum atomic E-state index is 14.9. The quantitative estimate of drug-likeness (QED) is 0.493. The van der Waals surface area contributed by atoms with E-state index in [1.165, 1.54) is 6.42 Å². The van der Waals surface area contributed by atoms with Gasteiger partial charge in [-0.1, -0.05) is 22.6 Å². The van der Waals surface area contributed by atoms with E-state index in [1.54, 1.807) is 0 Å². The van der Waals surface area contributed by atoms with Gasteiger partial charge in [0.15, 0.2) is 0 Å². The third-order valence-corrected chi connectivity index (χ3v) is 7.84. The smallest absolute Gasteiger partial charge is 0.143 e. The monoisotopic (exact) mass is 304 g/mol. The summed E-state index contributed by atoms with van der Waals surface area (Å²) >= 11 is 2.30. The van der Waals surface area contributed by atoms with Crippen molar-refractivity contribution in [3.63, 3.8) is 0 Å². The van der Waals surface area contributed by atoms with Crippen molar-refractivity contribution in [1.29, 1.82) is 0 Å². The number of ketones is 1. The van der Waals surface area contributed by atoms with E-state index in [2.05, 4.69) is 22.6 Å². The van der Waals surface area contributed by atoms with Gasteiger partial charge in [0.25, 0.3) is 0 Å². The van der Waals surface area contributed by atoms with Crippen LogP contribution in [0.2, 0.25) is 0 Å². The van der Waals surface area contributed by atoms with Crippen molar-refractivity contribution in [2.45, 2.75) is 16.0 Å². The molecular formula is C11H10FIO. The van der Waals surface area contributed by atoms with Crippen LogP contribution in [0.4, 0.5) is 4.39 Å². The standard InChI is InChI=1S/C11H10FIO/c12-11-7-3-1-2-4(5(3)10(11)13)8(11)9(14)6(2)7/h2-8,10H,1H2/t2-,3+,4+,5-,6+,7+,8+,10+,11-/m0/s1. The Bertz CT molecular complexity index is 395. The number of carbonyl (C=O) groups excluding carboxylic acids is 1. The summed E-state index contributed by atoms with van der Waals surface area (Å²) in [5.41, 5.74) is -1.06. The van der Waals surface area contributed by atoms with E-state index < -0.39 is 5.67 Å². The molecule has 3 heteroatoms. The van der Waals surface area contributed by atoms with E-state index in [4.69, 9.17) is 0 Å². The number of carbonyl (C=O) groups is 1. The molecule has 6 saturated carbocycles. The summed E-state index contributed by atoms with van der Waals surface area (Å²) in [6.07, 6.45) is 1.18. The summed E-state index contributed by atoms with van der Waals surface area (Å²) in [6, 6.07) is 0. The van der Waals surface area contributed by atoms with Gasteiger partial charge in [0.1, 0.15) is 11.5 Å². The van der Waals surface area contributed by atoms with Gasteiger partial charge in [-0.25, -0.2) is 4.39 Å². The number of Topliss-reactive ketones (excluding diaryl/α,β-unsaturated/α-hetero) is 1. The van der Waals surface area contributed by atoms with E-state index in [0.29, 0.717) is 29.5 Å². The van der Waals surface area contributed by atoms with E-state index in [1.807, 2.05) is 0 Å². The van der Waals surface area contributed by atoms with Gasteiger partial charge in [-0.15, -0.1) is 0 Å². The number of hydrogen-bond donors (Lipinski definition) is 0. The molecule has 14 heavy (non-hydrogen) atoms. The van der Waals surface area contributed by atoms with Crippen LogP contribution in [-0.4, -0.2) is 15.4 Å². The molecule has 0 unspecified atom stereocenters. The molecule has 0 aromatic heterocycles. The van der Waals surface area contributed by atoms with Crippen LogP contribution < -0.4 is 0 Å². The number of halogens is 2. The fraction of sp³-hybridized carbons (Fsp3) is 0.909. The molecule has 6 rings (SSSR count). The van der Waals surface area contributed by atoms with Crippen LogP contribution >= 0.6 is 22.6 Å². The van der Waals surface area contributed by atoms with Crippen LogP contribution in [0.25, 0.3) is 0 Å². The molecule has 0 aliphatic heterocycles. The molecule has 0 amide bonds. The SMILES string of the molecule is O=C1[C@@H]2[C@H]3C[C@@H]4[C@H]5[C@@H]3[C@H]1[C@@](F)([C@H]42)[C@@H]5I. The van der Waals surface area contributed by atoms with E-state index >= 15 is 0 Å². The summed E-state index contributed by atoms with van der Waals surface area (Å²) in [7, 11) is 0. The van der Waals surface area contributed by atoms with Gasteiger partial charge in [0.05, 0.1) is 5.92 Å². The second kappa shape index (κ2) is 1.72. The summed E-state index contributed by atoms with van der Waals surface area (Å²) in [4.78, 5) is 12.0.